The van der Waals surface area contributed by atoms with E-state index >= 15 is 0 Å². The molecule has 2 aromatic rings. The fraction of sp³-hybridized carbons (Fsp3) is 0.375. The van der Waals surface area contributed by atoms with E-state index in [-0.39, 0.29) is 11.4 Å². The van der Waals surface area contributed by atoms with E-state index in [1.807, 2.05) is 6.07 Å². The average Bonchev–Trinajstić information content (AvgIpc) is 2.96. The van der Waals surface area contributed by atoms with Crippen molar-refractivity contribution in [3.05, 3.63) is 58.3 Å². The van der Waals surface area contributed by atoms with Gasteiger partial charge >= 0.3 is 0 Å². The standard InChI is InChI=1S/C16H16ClFO2/c1-9-7-11(9)14-5-6-15(20-14)13(19)8-10-3-2-4-12(18)16(10)17/h2-6,9,11,13,19H,7-8H2,1H3. The number of aliphatic hydroxyl groups excluding tert-OH is 1. The lowest BCUT2D eigenvalue weighted by atomic mass is 10.1. The molecular weight excluding hydrogens is 279 g/mol. The first-order valence-electron chi connectivity index (χ1n) is 6.77. The molecule has 0 saturated heterocycles. The monoisotopic (exact) mass is 294 g/mol. The summed E-state index contributed by atoms with van der Waals surface area (Å²) in [5.74, 6) is 2.11. The van der Waals surface area contributed by atoms with Crippen LogP contribution in [0.3, 0.4) is 0 Å². The summed E-state index contributed by atoms with van der Waals surface area (Å²) in [4.78, 5) is 0. The van der Waals surface area contributed by atoms with Crippen LogP contribution in [0.1, 0.15) is 42.5 Å². The van der Waals surface area contributed by atoms with Gasteiger partial charge in [-0.2, -0.15) is 0 Å². The number of furan rings is 1. The zero-order valence-corrected chi connectivity index (χ0v) is 11.9. The van der Waals surface area contributed by atoms with Crippen molar-refractivity contribution in [1.82, 2.24) is 0 Å². The quantitative estimate of drug-likeness (QED) is 0.902. The van der Waals surface area contributed by atoms with Crippen molar-refractivity contribution in [1.29, 1.82) is 0 Å². The molecular formula is C16H16ClFO2. The number of hydrogen-bond acceptors (Lipinski definition) is 2. The highest BCUT2D eigenvalue weighted by Crippen LogP contribution is 2.47. The molecule has 2 nitrogen and oxygen atoms in total. The summed E-state index contributed by atoms with van der Waals surface area (Å²) in [5.41, 5.74) is 0.580. The molecule has 1 heterocycles. The number of hydrogen-bond donors (Lipinski definition) is 1. The zero-order chi connectivity index (χ0) is 14.3. The van der Waals surface area contributed by atoms with Gasteiger partial charge in [-0.25, -0.2) is 4.39 Å². The predicted molar refractivity (Wildman–Crippen MR) is 75.3 cm³/mol. The lowest BCUT2D eigenvalue weighted by molar-refractivity contribution is 0.148. The SMILES string of the molecule is CC1CC1c1ccc(C(O)Cc2cccc(F)c2Cl)o1. The van der Waals surface area contributed by atoms with Gasteiger partial charge in [0.25, 0.3) is 0 Å². The third kappa shape index (κ3) is 2.60. The van der Waals surface area contributed by atoms with Gasteiger partial charge in [0.05, 0.1) is 5.02 Å². The second-order valence-corrected chi connectivity index (χ2v) is 5.87. The van der Waals surface area contributed by atoms with Crippen molar-refractivity contribution >= 4 is 11.6 Å². The van der Waals surface area contributed by atoms with Crippen molar-refractivity contribution < 1.29 is 13.9 Å². The van der Waals surface area contributed by atoms with E-state index in [1.165, 1.54) is 6.07 Å². The van der Waals surface area contributed by atoms with Crippen LogP contribution in [-0.4, -0.2) is 5.11 Å². The molecule has 0 aliphatic heterocycles. The predicted octanol–water partition coefficient (Wildman–Crippen LogP) is 4.47. The Hall–Kier alpha value is -1.32. The van der Waals surface area contributed by atoms with Gasteiger partial charge in [-0.05, 0) is 36.1 Å². The van der Waals surface area contributed by atoms with Crippen LogP contribution in [-0.2, 0) is 6.42 Å². The average molecular weight is 295 g/mol. The fourth-order valence-corrected chi connectivity index (χ4v) is 2.68. The van der Waals surface area contributed by atoms with Gasteiger partial charge in [-0.15, -0.1) is 0 Å². The topological polar surface area (TPSA) is 33.4 Å². The van der Waals surface area contributed by atoms with Gasteiger partial charge in [-0.1, -0.05) is 30.7 Å². The van der Waals surface area contributed by atoms with E-state index in [4.69, 9.17) is 16.0 Å². The minimum Gasteiger partial charge on any atom is -0.463 e. The molecule has 3 unspecified atom stereocenters. The van der Waals surface area contributed by atoms with Gasteiger partial charge < -0.3 is 9.52 Å². The summed E-state index contributed by atoms with van der Waals surface area (Å²) in [5, 5.41) is 10.3. The van der Waals surface area contributed by atoms with Crippen LogP contribution in [0.25, 0.3) is 0 Å². The van der Waals surface area contributed by atoms with E-state index in [0.29, 0.717) is 23.2 Å². The Balaban J connectivity index is 1.74. The largest absolute Gasteiger partial charge is 0.463 e. The molecule has 0 radical (unpaired) electrons. The van der Waals surface area contributed by atoms with Crippen molar-refractivity contribution in [2.45, 2.75) is 31.8 Å². The third-order valence-electron chi connectivity index (χ3n) is 3.90. The molecule has 1 N–H and O–H groups in total. The smallest absolute Gasteiger partial charge is 0.142 e. The summed E-state index contributed by atoms with van der Waals surface area (Å²) in [6.07, 6.45) is 0.569. The first-order chi connectivity index (χ1) is 9.56. The normalized spacial score (nSPS) is 22.8. The van der Waals surface area contributed by atoms with E-state index in [2.05, 4.69) is 6.92 Å². The molecule has 1 saturated carbocycles. The fourth-order valence-electron chi connectivity index (χ4n) is 2.48. The Morgan fingerprint density at radius 1 is 1.40 bits per heavy atom. The summed E-state index contributed by atoms with van der Waals surface area (Å²) in [7, 11) is 0. The van der Waals surface area contributed by atoms with Crippen LogP contribution in [0.4, 0.5) is 4.39 Å². The Morgan fingerprint density at radius 2 is 2.15 bits per heavy atom. The van der Waals surface area contributed by atoms with Gasteiger partial charge in [0.1, 0.15) is 23.4 Å². The first kappa shape index (κ1) is 13.7. The Kier molecular flexibility index (Phi) is 3.57. The summed E-state index contributed by atoms with van der Waals surface area (Å²) < 4.78 is 19.1. The van der Waals surface area contributed by atoms with Crippen LogP contribution in [0.2, 0.25) is 5.02 Å². The molecule has 3 rings (SSSR count). The molecule has 3 atom stereocenters. The van der Waals surface area contributed by atoms with E-state index < -0.39 is 11.9 Å². The summed E-state index contributed by atoms with van der Waals surface area (Å²) in [6, 6.07) is 8.31. The minimum absolute atomic E-state index is 0.0640. The Morgan fingerprint density at radius 3 is 2.85 bits per heavy atom. The van der Waals surface area contributed by atoms with Crippen LogP contribution in [0.5, 0.6) is 0 Å². The Bertz CT molecular complexity index is 623. The maximum Gasteiger partial charge on any atom is 0.142 e. The van der Waals surface area contributed by atoms with Gasteiger partial charge in [0.15, 0.2) is 0 Å². The highest BCUT2D eigenvalue weighted by Gasteiger charge is 2.36. The number of rotatable bonds is 4. The molecule has 0 bridgehead atoms. The molecule has 20 heavy (non-hydrogen) atoms. The number of benzene rings is 1. The van der Waals surface area contributed by atoms with Crippen molar-refractivity contribution in [2.75, 3.05) is 0 Å². The lowest BCUT2D eigenvalue weighted by Crippen LogP contribution is -2.01. The first-order valence-corrected chi connectivity index (χ1v) is 7.14. The number of aliphatic hydroxyl groups is 1. The minimum atomic E-state index is -0.808. The van der Waals surface area contributed by atoms with E-state index in [0.717, 1.165) is 12.2 Å². The molecule has 106 valence electrons. The molecule has 4 heteroatoms. The third-order valence-corrected chi connectivity index (χ3v) is 4.32. The summed E-state index contributed by atoms with van der Waals surface area (Å²) in [6.45, 7) is 2.18. The molecule has 1 aliphatic carbocycles. The highest BCUT2D eigenvalue weighted by molar-refractivity contribution is 6.31. The van der Waals surface area contributed by atoms with Gasteiger partial charge in [-0.3, -0.25) is 0 Å². The Labute approximate surface area is 122 Å². The maximum absolute atomic E-state index is 13.4. The molecule has 0 amide bonds. The second-order valence-electron chi connectivity index (χ2n) is 5.49. The second kappa shape index (κ2) is 5.23. The van der Waals surface area contributed by atoms with Crippen molar-refractivity contribution in [2.24, 2.45) is 5.92 Å². The molecule has 1 fully saturated rings. The molecule has 1 aromatic carbocycles. The van der Waals surface area contributed by atoms with Crippen LogP contribution in [0.15, 0.2) is 34.7 Å². The summed E-state index contributed by atoms with van der Waals surface area (Å²) >= 11 is 5.89. The molecule has 1 aromatic heterocycles. The molecule has 1 aliphatic rings. The highest BCUT2D eigenvalue weighted by atomic mass is 35.5. The van der Waals surface area contributed by atoms with Crippen molar-refractivity contribution in [3.63, 3.8) is 0 Å². The van der Waals surface area contributed by atoms with Gasteiger partial charge in [0, 0.05) is 12.3 Å². The number of halogens is 2. The van der Waals surface area contributed by atoms with Crippen LogP contribution < -0.4 is 0 Å². The van der Waals surface area contributed by atoms with E-state index in [1.54, 1.807) is 18.2 Å². The van der Waals surface area contributed by atoms with Crippen LogP contribution >= 0.6 is 11.6 Å². The van der Waals surface area contributed by atoms with Crippen LogP contribution in [0, 0.1) is 11.7 Å². The zero-order valence-electron chi connectivity index (χ0n) is 11.1. The van der Waals surface area contributed by atoms with E-state index in [9.17, 15) is 9.50 Å². The lowest BCUT2D eigenvalue weighted by Gasteiger charge is -2.10. The molecule has 0 spiro atoms. The van der Waals surface area contributed by atoms with Gasteiger partial charge in [0.2, 0.25) is 0 Å². The maximum atomic E-state index is 13.4. The van der Waals surface area contributed by atoms with Crippen molar-refractivity contribution in [3.8, 4) is 0 Å².